The number of esters is 2. The van der Waals surface area contributed by atoms with Gasteiger partial charge in [-0.1, -0.05) is 121 Å². The average molecular weight is 560 g/mol. The molecule has 0 bridgehead atoms. The van der Waals surface area contributed by atoms with Crippen LogP contribution >= 0.6 is 0 Å². The van der Waals surface area contributed by atoms with Gasteiger partial charge in [-0.3, -0.25) is 4.79 Å². The summed E-state index contributed by atoms with van der Waals surface area (Å²) in [7, 11) is 0. The van der Waals surface area contributed by atoms with E-state index in [0.29, 0.717) is 23.3 Å². The smallest absolute Gasteiger partial charge is 0.357 e. The molecule has 4 aromatic carbocycles. The third kappa shape index (κ3) is 8.14. The lowest BCUT2D eigenvalue weighted by Crippen LogP contribution is -2.28. The monoisotopic (exact) mass is 559 g/mol. The van der Waals surface area contributed by atoms with Crippen molar-refractivity contribution in [2.45, 2.75) is 39.7 Å². The van der Waals surface area contributed by atoms with Crippen LogP contribution in [0.1, 0.15) is 49.9 Å². The highest BCUT2D eigenvalue weighted by atomic mass is 16.6. The first-order valence-corrected chi connectivity index (χ1v) is 14.2. The fourth-order valence-electron chi connectivity index (χ4n) is 4.66. The van der Waals surface area contributed by atoms with Gasteiger partial charge in [0.15, 0.2) is 5.70 Å². The number of aliphatic imine (C=N–C) groups is 1. The van der Waals surface area contributed by atoms with Crippen molar-refractivity contribution in [2.75, 3.05) is 6.61 Å². The highest BCUT2D eigenvalue weighted by Gasteiger charge is 2.33. The molecule has 4 aromatic rings. The van der Waals surface area contributed by atoms with Crippen molar-refractivity contribution in [1.82, 2.24) is 0 Å². The summed E-state index contributed by atoms with van der Waals surface area (Å²) in [6.07, 6.45) is 0.317. The van der Waals surface area contributed by atoms with Crippen molar-refractivity contribution in [3.8, 4) is 0 Å². The van der Waals surface area contributed by atoms with Crippen LogP contribution in [0.15, 0.2) is 132 Å². The van der Waals surface area contributed by atoms with E-state index in [1.165, 1.54) is 0 Å². The normalized spacial score (nSPS) is 12.5. The largest absolute Gasteiger partial charge is 0.466 e. The van der Waals surface area contributed by atoms with Crippen LogP contribution in [0.25, 0.3) is 5.57 Å². The number of nitrogens with zero attached hydrogens (tertiary/aromatic N) is 1. The Kier molecular flexibility index (Phi) is 10.2. The summed E-state index contributed by atoms with van der Waals surface area (Å²) in [6.45, 7) is 7.43. The number of hydrogen-bond donors (Lipinski definition) is 0. The highest BCUT2D eigenvalue weighted by Crippen LogP contribution is 2.34. The van der Waals surface area contributed by atoms with Gasteiger partial charge in [-0.2, -0.15) is 0 Å². The number of benzene rings is 4. The molecule has 0 saturated carbocycles. The maximum Gasteiger partial charge on any atom is 0.357 e. The summed E-state index contributed by atoms with van der Waals surface area (Å²) in [5, 5.41) is 0. The van der Waals surface area contributed by atoms with Crippen LogP contribution in [0.2, 0.25) is 0 Å². The molecule has 5 nitrogen and oxygen atoms in total. The topological polar surface area (TPSA) is 65.0 Å². The van der Waals surface area contributed by atoms with Crippen LogP contribution in [-0.2, 0) is 25.5 Å². The van der Waals surface area contributed by atoms with Gasteiger partial charge in [0.1, 0.15) is 5.60 Å². The van der Waals surface area contributed by atoms with Gasteiger partial charge in [-0.25, -0.2) is 9.79 Å². The molecule has 0 fully saturated rings. The van der Waals surface area contributed by atoms with Crippen molar-refractivity contribution in [3.05, 3.63) is 149 Å². The van der Waals surface area contributed by atoms with E-state index in [4.69, 9.17) is 14.5 Å². The molecular formula is C37H37NO4. The summed E-state index contributed by atoms with van der Waals surface area (Å²) in [6, 6.07) is 38.5. The Morgan fingerprint density at radius 2 is 1.14 bits per heavy atom. The molecule has 0 amide bonds. The van der Waals surface area contributed by atoms with Gasteiger partial charge in [-0.05, 0) is 45.2 Å². The fourth-order valence-corrected chi connectivity index (χ4v) is 4.66. The zero-order valence-electron chi connectivity index (χ0n) is 24.6. The summed E-state index contributed by atoms with van der Waals surface area (Å²) in [5.74, 6) is -1.88. The van der Waals surface area contributed by atoms with Crippen LogP contribution in [0.3, 0.4) is 0 Å². The van der Waals surface area contributed by atoms with E-state index in [2.05, 4.69) is 0 Å². The molecule has 1 unspecified atom stereocenters. The summed E-state index contributed by atoms with van der Waals surface area (Å²) < 4.78 is 11.6. The van der Waals surface area contributed by atoms with E-state index in [-0.39, 0.29) is 12.3 Å². The zero-order valence-corrected chi connectivity index (χ0v) is 24.6. The molecule has 0 heterocycles. The summed E-state index contributed by atoms with van der Waals surface area (Å²) >= 11 is 0. The standard InChI is InChI=1S/C37H37NO4/c1-5-41-35(39)31(26-27-18-10-6-11-19-27)32(28-20-12-7-13-21-28)34(36(40)42-37(2,3)4)38-33(29-22-14-8-15-23-29)30-24-16-9-17-25-30/h6-25,31H,5,26H2,1-4H3/b34-32-. The third-order valence-corrected chi connectivity index (χ3v) is 6.45. The van der Waals surface area contributed by atoms with Gasteiger partial charge in [0, 0.05) is 16.7 Å². The Morgan fingerprint density at radius 3 is 1.60 bits per heavy atom. The molecule has 0 spiro atoms. The van der Waals surface area contributed by atoms with Gasteiger partial charge < -0.3 is 9.47 Å². The van der Waals surface area contributed by atoms with E-state index >= 15 is 0 Å². The second-order valence-corrected chi connectivity index (χ2v) is 10.8. The SMILES string of the molecule is CCOC(=O)C(Cc1ccccc1)/C(=C(\N=C(c1ccccc1)c1ccccc1)C(=O)OC(C)(C)C)c1ccccc1. The van der Waals surface area contributed by atoms with E-state index in [1.54, 1.807) is 6.92 Å². The van der Waals surface area contributed by atoms with E-state index in [9.17, 15) is 9.59 Å². The van der Waals surface area contributed by atoms with Crippen molar-refractivity contribution in [2.24, 2.45) is 10.9 Å². The van der Waals surface area contributed by atoms with Gasteiger partial charge in [-0.15, -0.1) is 0 Å². The number of hydrogen-bond acceptors (Lipinski definition) is 5. The van der Waals surface area contributed by atoms with Crippen molar-refractivity contribution < 1.29 is 19.1 Å². The zero-order chi connectivity index (χ0) is 30.0. The highest BCUT2D eigenvalue weighted by molar-refractivity contribution is 6.16. The lowest BCUT2D eigenvalue weighted by atomic mass is 9.85. The molecule has 0 aliphatic rings. The second kappa shape index (κ2) is 14.2. The lowest BCUT2D eigenvalue weighted by molar-refractivity contribution is -0.149. The van der Waals surface area contributed by atoms with Crippen LogP contribution in [0, 0.1) is 5.92 Å². The molecule has 4 rings (SSSR count). The maximum atomic E-state index is 14.2. The third-order valence-electron chi connectivity index (χ3n) is 6.45. The molecule has 0 aliphatic heterocycles. The Bertz CT molecular complexity index is 1480. The molecule has 0 aliphatic carbocycles. The van der Waals surface area contributed by atoms with E-state index in [0.717, 1.165) is 16.7 Å². The molecule has 0 radical (unpaired) electrons. The molecule has 42 heavy (non-hydrogen) atoms. The van der Waals surface area contributed by atoms with Gasteiger partial charge in [0.05, 0.1) is 18.2 Å². The molecule has 214 valence electrons. The minimum absolute atomic E-state index is 0.0628. The average Bonchev–Trinajstić information content (AvgIpc) is 2.99. The van der Waals surface area contributed by atoms with Crippen LogP contribution in [-0.4, -0.2) is 29.9 Å². The number of ether oxygens (including phenoxy) is 2. The Hall–Kier alpha value is -4.77. The van der Waals surface area contributed by atoms with E-state index in [1.807, 2.05) is 142 Å². The van der Waals surface area contributed by atoms with Gasteiger partial charge >= 0.3 is 11.9 Å². The Morgan fingerprint density at radius 1 is 0.690 bits per heavy atom. The number of rotatable bonds is 10. The number of carbonyl (C=O) groups excluding carboxylic acids is 2. The van der Waals surface area contributed by atoms with Crippen molar-refractivity contribution >= 4 is 23.2 Å². The molecule has 0 saturated heterocycles. The van der Waals surface area contributed by atoms with Gasteiger partial charge in [0.25, 0.3) is 0 Å². The predicted molar refractivity (Wildman–Crippen MR) is 168 cm³/mol. The summed E-state index contributed by atoms with van der Waals surface area (Å²) in [4.78, 5) is 33.0. The minimum atomic E-state index is -0.825. The maximum absolute atomic E-state index is 14.2. The van der Waals surface area contributed by atoms with Crippen molar-refractivity contribution in [1.29, 1.82) is 0 Å². The van der Waals surface area contributed by atoms with Crippen LogP contribution < -0.4 is 0 Å². The molecule has 1 atom stereocenters. The van der Waals surface area contributed by atoms with E-state index < -0.39 is 23.5 Å². The fraction of sp³-hybridized carbons (Fsp3) is 0.216. The predicted octanol–water partition coefficient (Wildman–Crippen LogP) is 7.70. The molecule has 5 heteroatoms. The Balaban J connectivity index is 2.09. The van der Waals surface area contributed by atoms with Crippen LogP contribution in [0.4, 0.5) is 0 Å². The number of carbonyl (C=O) groups is 2. The Labute approximate surface area is 248 Å². The molecule has 0 N–H and O–H groups in total. The quantitative estimate of drug-likeness (QED) is 0.113. The first-order chi connectivity index (χ1) is 20.3. The van der Waals surface area contributed by atoms with Crippen molar-refractivity contribution in [3.63, 3.8) is 0 Å². The minimum Gasteiger partial charge on any atom is -0.466 e. The van der Waals surface area contributed by atoms with Crippen LogP contribution in [0.5, 0.6) is 0 Å². The van der Waals surface area contributed by atoms with Gasteiger partial charge in [0.2, 0.25) is 0 Å². The molecule has 0 aromatic heterocycles. The molecular weight excluding hydrogens is 522 g/mol. The first-order valence-electron chi connectivity index (χ1n) is 14.2. The lowest BCUT2D eigenvalue weighted by Gasteiger charge is -2.25. The first kappa shape index (κ1) is 30.2. The summed E-state index contributed by atoms with van der Waals surface area (Å²) in [5.41, 5.74) is 3.59. The second-order valence-electron chi connectivity index (χ2n) is 10.8.